The first-order valence-corrected chi connectivity index (χ1v) is 15.5. The van der Waals surface area contributed by atoms with E-state index in [-0.39, 0.29) is 10.8 Å². The maximum atomic E-state index is 4.92. The van der Waals surface area contributed by atoms with E-state index in [0.717, 1.165) is 16.7 Å². The standard InChI is InChI=1S/C39H32BrN3/c1-38(2)31-19-12-20-32(40)34(31)39(3,4)30-18-11-17-29(33(30)38)25-21-23-28(24-22-25)37-42-35(26-13-7-5-8-14-26)41-36(43-37)27-15-9-6-10-16-27/h5-24H,1-4H3. The minimum atomic E-state index is -0.164. The van der Waals surface area contributed by atoms with Crippen molar-refractivity contribution in [2.24, 2.45) is 0 Å². The number of halogens is 1. The van der Waals surface area contributed by atoms with Gasteiger partial charge in [0.15, 0.2) is 17.5 Å². The fraction of sp³-hybridized carbons (Fsp3) is 0.154. The van der Waals surface area contributed by atoms with Gasteiger partial charge < -0.3 is 0 Å². The third-order valence-electron chi connectivity index (χ3n) is 8.83. The van der Waals surface area contributed by atoms with Gasteiger partial charge in [0.05, 0.1) is 0 Å². The predicted octanol–water partition coefficient (Wildman–Crippen LogP) is 10.3. The van der Waals surface area contributed by atoms with Gasteiger partial charge in [-0.3, -0.25) is 0 Å². The minimum Gasteiger partial charge on any atom is -0.208 e. The summed E-state index contributed by atoms with van der Waals surface area (Å²) < 4.78 is 1.17. The van der Waals surface area contributed by atoms with E-state index < -0.39 is 0 Å². The first-order valence-electron chi connectivity index (χ1n) is 14.7. The van der Waals surface area contributed by atoms with Crippen LogP contribution in [0, 0.1) is 0 Å². The van der Waals surface area contributed by atoms with Crippen LogP contribution < -0.4 is 0 Å². The van der Waals surface area contributed by atoms with Gasteiger partial charge in [-0.25, -0.2) is 15.0 Å². The Morgan fingerprint density at radius 3 is 1.37 bits per heavy atom. The van der Waals surface area contributed by atoms with Crippen molar-refractivity contribution in [1.82, 2.24) is 15.0 Å². The summed E-state index contributed by atoms with van der Waals surface area (Å²) >= 11 is 3.88. The Morgan fingerprint density at radius 2 is 0.837 bits per heavy atom. The molecule has 1 heterocycles. The second kappa shape index (κ2) is 10.4. The highest BCUT2D eigenvalue weighted by atomic mass is 79.9. The molecule has 0 amide bonds. The molecule has 0 aliphatic heterocycles. The molecule has 7 rings (SSSR count). The third kappa shape index (κ3) is 4.61. The lowest BCUT2D eigenvalue weighted by molar-refractivity contribution is 0.519. The molecule has 0 unspecified atom stereocenters. The summed E-state index contributed by atoms with van der Waals surface area (Å²) in [6.07, 6.45) is 0. The number of benzene rings is 5. The molecule has 5 aromatic carbocycles. The molecule has 1 aliphatic rings. The van der Waals surface area contributed by atoms with Crippen molar-refractivity contribution in [2.75, 3.05) is 0 Å². The lowest BCUT2D eigenvalue weighted by Gasteiger charge is -2.45. The van der Waals surface area contributed by atoms with Gasteiger partial charge in [0.25, 0.3) is 0 Å². The molecule has 4 heteroatoms. The van der Waals surface area contributed by atoms with Crippen LogP contribution in [0.1, 0.15) is 49.9 Å². The van der Waals surface area contributed by atoms with Crippen LogP contribution in [-0.2, 0) is 10.8 Å². The molecule has 1 aliphatic carbocycles. The van der Waals surface area contributed by atoms with Crippen molar-refractivity contribution in [3.63, 3.8) is 0 Å². The average Bonchev–Trinajstić information content (AvgIpc) is 3.04. The topological polar surface area (TPSA) is 38.7 Å². The quantitative estimate of drug-likeness (QED) is 0.196. The van der Waals surface area contributed by atoms with Crippen LogP contribution in [0.15, 0.2) is 126 Å². The number of fused-ring (bicyclic) bond motifs is 2. The van der Waals surface area contributed by atoms with Crippen LogP contribution in [0.25, 0.3) is 45.3 Å². The monoisotopic (exact) mass is 621 g/mol. The highest BCUT2D eigenvalue weighted by Gasteiger charge is 2.43. The number of hydrogen-bond acceptors (Lipinski definition) is 3. The number of aromatic nitrogens is 3. The first kappa shape index (κ1) is 27.4. The van der Waals surface area contributed by atoms with Gasteiger partial charge in [-0.05, 0) is 39.4 Å². The predicted molar refractivity (Wildman–Crippen MR) is 180 cm³/mol. The van der Waals surface area contributed by atoms with Gasteiger partial charge in [0.1, 0.15) is 0 Å². The number of rotatable bonds is 4. The molecule has 0 atom stereocenters. The highest BCUT2D eigenvalue weighted by molar-refractivity contribution is 9.10. The van der Waals surface area contributed by atoms with Crippen molar-refractivity contribution in [1.29, 1.82) is 0 Å². The van der Waals surface area contributed by atoms with Crippen LogP contribution in [0.5, 0.6) is 0 Å². The highest BCUT2D eigenvalue weighted by Crippen LogP contribution is 2.54. The number of hydrogen-bond donors (Lipinski definition) is 0. The Kier molecular flexibility index (Phi) is 6.63. The van der Waals surface area contributed by atoms with Crippen LogP contribution in [0.3, 0.4) is 0 Å². The van der Waals surface area contributed by atoms with Gasteiger partial charge >= 0.3 is 0 Å². The van der Waals surface area contributed by atoms with Crippen LogP contribution >= 0.6 is 15.9 Å². The van der Waals surface area contributed by atoms with E-state index in [1.54, 1.807) is 0 Å². The van der Waals surface area contributed by atoms with Crippen molar-refractivity contribution in [3.8, 4) is 45.3 Å². The largest absolute Gasteiger partial charge is 0.208 e. The molecule has 43 heavy (non-hydrogen) atoms. The molecule has 0 saturated carbocycles. The smallest absolute Gasteiger partial charge is 0.164 e. The fourth-order valence-electron chi connectivity index (χ4n) is 6.67. The van der Waals surface area contributed by atoms with Crippen LogP contribution in [-0.4, -0.2) is 15.0 Å². The van der Waals surface area contributed by atoms with Gasteiger partial charge in [-0.15, -0.1) is 0 Å². The normalized spacial score (nSPS) is 14.5. The van der Waals surface area contributed by atoms with E-state index in [2.05, 4.69) is 104 Å². The zero-order chi connectivity index (χ0) is 29.8. The van der Waals surface area contributed by atoms with Crippen LogP contribution in [0.2, 0.25) is 0 Å². The molecule has 0 bridgehead atoms. The van der Waals surface area contributed by atoms with Crippen molar-refractivity contribution in [3.05, 3.63) is 148 Å². The maximum Gasteiger partial charge on any atom is 0.164 e. The van der Waals surface area contributed by atoms with Gasteiger partial charge in [-0.2, -0.15) is 0 Å². The lowest BCUT2D eigenvalue weighted by Crippen LogP contribution is -2.37. The lowest BCUT2D eigenvalue weighted by atomic mass is 9.58. The molecule has 210 valence electrons. The first-order chi connectivity index (χ1) is 20.7. The summed E-state index contributed by atoms with van der Waals surface area (Å²) in [5, 5.41) is 0. The van der Waals surface area contributed by atoms with E-state index in [1.165, 1.54) is 37.9 Å². The van der Waals surface area contributed by atoms with E-state index in [4.69, 9.17) is 15.0 Å². The Labute approximate surface area is 261 Å². The molecule has 0 spiro atoms. The Morgan fingerprint density at radius 1 is 0.419 bits per heavy atom. The summed E-state index contributed by atoms with van der Waals surface area (Å²) in [4.78, 5) is 14.7. The molecular formula is C39H32BrN3. The molecule has 3 nitrogen and oxygen atoms in total. The summed E-state index contributed by atoms with van der Waals surface area (Å²) in [5.41, 5.74) is 10.5. The average molecular weight is 623 g/mol. The summed E-state index contributed by atoms with van der Waals surface area (Å²) in [6.45, 7) is 9.39. The van der Waals surface area contributed by atoms with Gasteiger partial charge in [-0.1, -0.05) is 159 Å². The Bertz CT molecular complexity index is 1900. The van der Waals surface area contributed by atoms with Crippen LogP contribution in [0.4, 0.5) is 0 Å². The van der Waals surface area contributed by atoms with Crippen molar-refractivity contribution in [2.45, 2.75) is 38.5 Å². The Hall–Kier alpha value is -4.41. The van der Waals surface area contributed by atoms with E-state index >= 15 is 0 Å². The summed E-state index contributed by atoms with van der Waals surface area (Å²) in [6, 6.07) is 42.3. The van der Waals surface area contributed by atoms with Gasteiger partial charge in [0, 0.05) is 32.0 Å². The zero-order valence-corrected chi connectivity index (χ0v) is 26.4. The molecule has 6 aromatic rings. The molecule has 1 aromatic heterocycles. The van der Waals surface area contributed by atoms with E-state index in [1.807, 2.05) is 60.7 Å². The fourth-order valence-corrected chi connectivity index (χ4v) is 7.53. The second-order valence-corrected chi connectivity index (χ2v) is 13.1. The minimum absolute atomic E-state index is 0.136. The SMILES string of the molecule is CC1(C)c2cccc(-c3ccc(-c4nc(-c5ccccc5)nc(-c5ccccc5)n4)cc3)c2C(C)(C)c2cccc(Br)c21. The third-order valence-corrected chi connectivity index (χ3v) is 9.49. The maximum absolute atomic E-state index is 4.92. The van der Waals surface area contributed by atoms with Crippen molar-refractivity contribution >= 4 is 15.9 Å². The molecule has 0 radical (unpaired) electrons. The Balaban J connectivity index is 1.34. The molecule has 0 fully saturated rings. The summed E-state index contributed by atoms with van der Waals surface area (Å²) in [7, 11) is 0. The van der Waals surface area contributed by atoms with E-state index in [9.17, 15) is 0 Å². The second-order valence-electron chi connectivity index (χ2n) is 12.3. The molecular weight excluding hydrogens is 590 g/mol. The summed E-state index contributed by atoms with van der Waals surface area (Å²) in [5.74, 6) is 1.99. The molecule has 0 N–H and O–H groups in total. The zero-order valence-electron chi connectivity index (χ0n) is 24.8. The molecule has 0 saturated heterocycles. The van der Waals surface area contributed by atoms with Gasteiger partial charge in [0.2, 0.25) is 0 Å². The van der Waals surface area contributed by atoms with Crippen molar-refractivity contribution < 1.29 is 0 Å². The van der Waals surface area contributed by atoms with E-state index in [0.29, 0.717) is 17.5 Å². The number of nitrogens with zero attached hydrogens (tertiary/aromatic N) is 3.